The van der Waals surface area contributed by atoms with Crippen LogP contribution in [-0.2, 0) is 6.18 Å². The molecule has 0 aliphatic carbocycles. The minimum absolute atomic E-state index is 0. The number of nitrogens with one attached hydrogen (secondary N) is 1. The van der Waals surface area contributed by atoms with Crippen LogP contribution in [0.25, 0.3) is 11.5 Å². The van der Waals surface area contributed by atoms with Crippen LogP contribution in [0.4, 0.5) is 24.9 Å². The van der Waals surface area contributed by atoms with Crippen molar-refractivity contribution in [2.45, 2.75) is 6.18 Å². The minimum Gasteiger partial charge on any atom is -0.505 e. The largest absolute Gasteiger partial charge is 0.505 e. The molecule has 0 amide bonds. The second kappa shape index (κ2) is 8.00. The zero-order chi connectivity index (χ0) is 19.6. The maximum atomic E-state index is 12.6. The molecule has 0 unspecified atom stereocenters. The minimum atomic E-state index is -4.48. The monoisotopic (exact) mass is 416 g/mol. The molecule has 3 aromatic rings. The Morgan fingerprint density at radius 2 is 1.89 bits per heavy atom. The average Bonchev–Trinajstić information content (AvgIpc) is 3.09. The third-order valence-corrected chi connectivity index (χ3v) is 3.32. The van der Waals surface area contributed by atoms with Crippen molar-refractivity contribution in [1.29, 1.82) is 0 Å². The number of rotatable bonds is 4. The Balaban J connectivity index is 0.00000280. The molecule has 13 heteroatoms. The van der Waals surface area contributed by atoms with Crippen molar-refractivity contribution in [1.82, 2.24) is 15.0 Å². The Labute approximate surface area is 161 Å². The molecule has 0 saturated heterocycles. The van der Waals surface area contributed by atoms with Crippen LogP contribution in [0.1, 0.15) is 11.3 Å². The van der Waals surface area contributed by atoms with Gasteiger partial charge in [-0.15, -0.1) is 12.4 Å². The van der Waals surface area contributed by atoms with E-state index in [1.807, 2.05) is 0 Å². The number of nitrogens with two attached hydrogens (primary N) is 1. The van der Waals surface area contributed by atoms with E-state index in [-0.39, 0.29) is 52.8 Å². The first kappa shape index (κ1) is 20.8. The molecule has 0 radical (unpaired) electrons. The van der Waals surface area contributed by atoms with Gasteiger partial charge >= 0.3 is 6.18 Å². The van der Waals surface area contributed by atoms with E-state index in [0.29, 0.717) is 6.20 Å². The highest BCUT2D eigenvalue weighted by Gasteiger charge is 2.30. The number of halogens is 4. The van der Waals surface area contributed by atoms with E-state index in [2.05, 4.69) is 25.4 Å². The highest BCUT2D eigenvalue weighted by Crippen LogP contribution is 2.30. The Bertz CT molecular complexity index is 991. The van der Waals surface area contributed by atoms with Crippen LogP contribution < -0.4 is 11.1 Å². The molecule has 28 heavy (non-hydrogen) atoms. The molecular weight excluding hydrogens is 405 g/mol. The van der Waals surface area contributed by atoms with E-state index >= 15 is 0 Å². The van der Waals surface area contributed by atoms with Gasteiger partial charge in [-0.25, -0.2) is 9.97 Å². The number of aromatic nitrogens is 3. The van der Waals surface area contributed by atoms with Gasteiger partial charge in [-0.3, -0.25) is 4.98 Å². The summed E-state index contributed by atoms with van der Waals surface area (Å²) >= 11 is 0. The quantitative estimate of drug-likeness (QED) is 0.220. The smallest absolute Gasteiger partial charge is 0.417 e. The summed E-state index contributed by atoms with van der Waals surface area (Å²) in [4.78, 5) is 11.5. The highest BCUT2D eigenvalue weighted by atomic mass is 35.5. The molecule has 0 bridgehead atoms. The number of nitrogens with zero attached hydrogens (tertiary/aromatic N) is 4. The second-order valence-corrected chi connectivity index (χ2v) is 5.16. The topological polar surface area (TPSA) is 143 Å². The summed E-state index contributed by atoms with van der Waals surface area (Å²) < 4.78 is 43.1. The van der Waals surface area contributed by atoms with Gasteiger partial charge in [0.05, 0.1) is 23.6 Å². The zero-order valence-electron chi connectivity index (χ0n) is 13.7. The van der Waals surface area contributed by atoms with Crippen LogP contribution in [-0.4, -0.2) is 31.1 Å². The number of oxazole rings is 1. The maximum absolute atomic E-state index is 12.6. The lowest BCUT2D eigenvalue weighted by molar-refractivity contribution is -0.137. The lowest BCUT2D eigenvalue weighted by Gasteiger charge is -2.06. The van der Waals surface area contributed by atoms with E-state index < -0.39 is 11.7 Å². The van der Waals surface area contributed by atoms with Crippen molar-refractivity contribution < 1.29 is 27.9 Å². The van der Waals surface area contributed by atoms with Crippen molar-refractivity contribution >= 4 is 29.9 Å². The van der Waals surface area contributed by atoms with Crippen LogP contribution >= 0.6 is 12.4 Å². The van der Waals surface area contributed by atoms with Crippen LogP contribution in [0.5, 0.6) is 5.75 Å². The zero-order valence-corrected chi connectivity index (χ0v) is 14.5. The van der Waals surface area contributed by atoms with Crippen LogP contribution in [0.2, 0.25) is 0 Å². The molecule has 5 N–H and O–H groups in total. The number of pyridine rings is 2. The van der Waals surface area contributed by atoms with Gasteiger partial charge in [0.15, 0.2) is 17.3 Å². The molecule has 0 aliphatic heterocycles. The number of alkyl halides is 3. The molecule has 0 spiro atoms. The standard InChI is InChI=1S/C15H11F3N6O3.ClH/c16-15(17,18)7-1-2-9(20-4-7)11-6-22-14(27-11)23-8-3-10(25)12(21-5-8)13(19)24-26;/h1-6,25-26H,(H2,19,24)(H,22,23);1H. The average molecular weight is 417 g/mol. The predicted molar refractivity (Wildman–Crippen MR) is 93.7 cm³/mol. The molecule has 0 atom stereocenters. The van der Waals surface area contributed by atoms with Gasteiger partial charge in [0.1, 0.15) is 11.4 Å². The maximum Gasteiger partial charge on any atom is 0.417 e. The van der Waals surface area contributed by atoms with E-state index in [1.54, 1.807) is 0 Å². The fraction of sp³-hybridized carbons (Fsp3) is 0.0667. The molecule has 148 valence electrons. The number of aromatic hydroxyl groups is 1. The Kier molecular flexibility index (Phi) is 5.93. The van der Waals surface area contributed by atoms with Gasteiger partial charge in [0.2, 0.25) is 0 Å². The molecule has 3 aromatic heterocycles. The lowest BCUT2D eigenvalue weighted by atomic mass is 10.2. The van der Waals surface area contributed by atoms with Crippen molar-refractivity contribution in [3.63, 3.8) is 0 Å². The number of hydrogen-bond acceptors (Lipinski definition) is 8. The molecule has 3 heterocycles. The molecule has 0 saturated carbocycles. The third-order valence-electron chi connectivity index (χ3n) is 3.32. The van der Waals surface area contributed by atoms with Crippen molar-refractivity contribution in [2.75, 3.05) is 5.32 Å². The van der Waals surface area contributed by atoms with Gasteiger partial charge in [-0.1, -0.05) is 5.16 Å². The third kappa shape index (κ3) is 4.40. The first-order valence-corrected chi connectivity index (χ1v) is 7.21. The fourth-order valence-corrected chi connectivity index (χ4v) is 2.05. The van der Waals surface area contributed by atoms with Crippen molar-refractivity contribution in [3.8, 4) is 17.2 Å². The molecular formula is C15H12ClF3N6O3. The summed E-state index contributed by atoms with van der Waals surface area (Å²) in [7, 11) is 0. The lowest BCUT2D eigenvalue weighted by Crippen LogP contribution is -2.15. The van der Waals surface area contributed by atoms with Crippen LogP contribution in [0.15, 0.2) is 46.4 Å². The number of oxime groups is 1. The van der Waals surface area contributed by atoms with E-state index in [4.69, 9.17) is 15.4 Å². The SMILES string of the molecule is Cl.NC(=NO)c1ncc(Nc2ncc(-c3ccc(C(F)(F)F)cn3)o2)cc1O. The molecule has 0 aromatic carbocycles. The summed E-state index contributed by atoms with van der Waals surface area (Å²) in [6.07, 6.45) is -1.24. The molecule has 0 aliphatic rings. The van der Waals surface area contributed by atoms with E-state index in [9.17, 15) is 18.3 Å². The van der Waals surface area contributed by atoms with E-state index in [0.717, 1.165) is 12.1 Å². The van der Waals surface area contributed by atoms with Gasteiger partial charge in [-0.2, -0.15) is 13.2 Å². The van der Waals surface area contributed by atoms with Crippen LogP contribution in [0, 0.1) is 0 Å². The van der Waals surface area contributed by atoms with Crippen molar-refractivity contribution in [3.05, 3.63) is 48.0 Å². The first-order chi connectivity index (χ1) is 12.8. The normalized spacial score (nSPS) is 11.8. The first-order valence-electron chi connectivity index (χ1n) is 7.21. The predicted octanol–water partition coefficient (Wildman–Crippen LogP) is 3.12. The summed E-state index contributed by atoms with van der Waals surface area (Å²) in [5, 5.41) is 23.8. The van der Waals surface area contributed by atoms with Gasteiger partial charge in [-0.05, 0) is 12.1 Å². The highest BCUT2D eigenvalue weighted by molar-refractivity contribution is 5.97. The van der Waals surface area contributed by atoms with Gasteiger partial charge in [0.25, 0.3) is 6.01 Å². The summed E-state index contributed by atoms with van der Waals surface area (Å²) in [6.45, 7) is 0. The Hall–Kier alpha value is -3.54. The number of hydrogen-bond donors (Lipinski definition) is 4. The van der Waals surface area contributed by atoms with E-state index in [1.165, 1.54) is 18.5 Å². The number of amidine groups is 1. The fourth-order valence-electron chi connectivity index (χ4n) is 2.05. The molecule has 3 rings (SSSR count). The van der Waals surface area contributed by atoms with Crippen LogP contribution in [0.3, 0.4) is 0 Å². The molecule has 9 nitrogen and oxygen atoms in total. The number of anilines is 2. The van der Waals surface area contributed by atoms with Crippen molar-refractivity contribution in [2.24, 2.45) is 10.9 Å². The summed E-state index contributed by atoms with van der Waals surface area (Å²) in [5.41, 5.74) is 4.79. The Morgan fingerprint density at radius 1 is 1.14 bits per heavy atom. The van der Waals surface area contributed by atoms with Gasteiger partial charge < -0.3 is 25.8 Å². The summed E-state index contributed by atoms with van der Waals surface area (Å²) in [5.74, 6) is -0.589. The van der Waals surface area contributed by atoms with Gasteiger partial charge in [0, 0.05) is 12.3 Å². The summed E-state index contributed by atoms with van der Waals surface area (Å²) in [6, 6.07) is 3.27. The second-order valence-electron chi connectivity index (χ2n) is 5.16. The Morgan fingerprint density at radius 3 is 2.46 bits per heavy atom. The molecule has 0 fully saturated rings.